The van der Waals surface area contributed by atoms with E-state index < -0.39 is 0 Å². The Morgan fingerprint density at radius 1 is 1.52 bits per heavy atom. The predicted octanol–water partition coefficient (Wildman–Crippen LogP) is 1.76. The molecule has 0 aliphatic carbocycles. The molecule has 1 N–H and O–H groups in total. The molecule has 6 heteroatoms. The summed E-state index contributed by atoms with van der Waals surface area (Å²) in [7, 11) is 1.80. The molecular weight excluding hydrogens is 286 g/mol. The molecule has 1 saturated heterocycles. The summed E-state index contributed by atoms with van der Waals surface area (Å²) in [4.78, 5) is 18.3. The van der Waals surface area contributed by atoms with E-state index in [0.717, 1.165) is 49.9 Å². The Morgan fingerprint density at radius 3 is 2.81 bits per heavy atom. The normalized spacial score (nSPS) is 16.7. The lowest BCUT2D eigenvalue weighted by Gasteiger charge is -2.33. The van der Waals surface area contributed by atoms with Gasteiger partial charge in [-0.3, -0.25) is 9.79 Å². The summed E-state index contributed by atoms with van der Waals surface area (Å²) in [6.07, 6.45) is 3.59. The van der Waals surface area contributed by atoms with E-state index in [1.54, 1.807) is 7.05 Å². The van der Waals surface area contributed by atoms with Crippen molar-refractivity contribution in [1.82, 2.24) is 10.2 Å². The van der Waals surface area contributed by atoms with Gasteiger partial charge in [-0.15, -0.1) is 6.58 Å². The molecule has 120 valence electrons. The van der Waals surface area contributed by atoms with Crippen molar-refractivity contribution in [3.8, 4) is 0 Å². The van der Waals surface area contributed by atoms with Gasteiger partial charge in [-0.2, -0.15) is 11.8 Å². The number of hydrogen-bond donors (Lipinski definition) is 1. The minimum atomic E-state index is -0.0547. The second kappa shape index (κ2) is 10.5. The van der Waals surface area contributed by atoms with Gasteiger partial charge >= 0.3 is 5.97 Å². The molecule has 1 rings (SSSR count). The Morgan fingerprint density at radius 2 is 2.24 bits per heavy atom. The molecule has 21 heavy (non-hydrogen) atoms. The van der Waals surface area contributed by atoms with E-state index in [1.807, 2.05) is 24.8 Å². The molecule has 1 aliphatic rings. The minimum Gasteiger partial charge on any atom is -0.466 e. The van der Waals surface area contributed by atoms with Gasteiger partial charge in [0.15, 0.2) is 5.96 Å². The standard InChI is InChI=1S/C15H27N3O2S/c1-4-11-21-12-8-17-15(16-3)18-9-6-13(7-10-18)14(19)20-5-2/h4,13H,1,5-12H2,2-3H3,(H,16,17). The van der Waals surface area contributed by atoms with Gasteiger partial charge in [0.1, 0.15) is 0 Å². The lowest BCUT2D eigenvalue weighted by atomic mass is 9.97. The van der Waals surface area contributed by atoms with Gasteiger partial charge in [0.05, 0.1) is 12.5 Å². The van der Waals surface area contributed by atoms with Crippen molar-refractivity contribution < 1.29 is 9.53 Å². The highest BCUT2D eigenvalue weighted by Gasteiger charge is 2.27. The van der Waals surface area contributed by atoms with Crippen LogP contribution in [-0.2, 0) is 9.53 Å². The summed E-state index contributed by atoms with van der Waals surface area (Å²) in [6.45, 7) is 8.61. The second-order valence-electron chi connectivity index (χ2n) is 4.85. The van der Waals surface area contributed by atoms with Crippen molar-refractivity contribution in [2.75, 3.05) is 44.8 Å². The van der Waals surface area contributed by atoms with Gasteiger partial charge in [0.25, 0.3) is 0 Å². The van der Waals surface area contributed by atoms with Crippen LogP contribution in [-0.4, -0.2) is 61.6 Å². The first-order valence-electron chi connectivity index (χ1n) is 7.53. The number of esters is 1. The Hall–Kier alpha value is -1.17. The first-order valence-corrected chi connectivity index (χ1v) is 8.69. The van der Waals surface area contributed by atoms with Crippen LogP contribution >= 0.6 is 11.8 Å². The number of hydrogen-bond acceptors (Lipinski definition) is 4. The highest BCUT2D eigenvalue weighted by atomic mass is 32.2. The van der Waals surface area contributed by atoms with Gasteiger partial charge in [0.2, 0.25) is 0 Å². The lowest BCUT2D eigenvalue weighted by Crippen LogP contribution is -2.47. The van der Waals surface area contributed by atoms with Crippen molar-refractivity contribution in [3.05, 3.63) is 12.7 Å². The lowest BCUT2D eigenvalue weighted by molar-refractivity contribution is -0.149. The number of carbonyl (C=O) groups excluding carboxylic acids is 1. The quantitative estimate of drug-likeness (QED) is 0.255. The van der Waals surface area contributed by atoms with Gasteiger partial charge in [0, 0.05) is 38.2 Å². The van der Waals surface area contributed by atoms with Crippen LogP contribution in [0.5, 0.6) is 0 Å². The molecular formula is C15H27N3O2S. The third-order valence-corrected chi connectivity index (χ3v) is 4.36. The van der Waals surface area contributed by atoms with E-state index in [2.05, 4.69) is 21.8 Å². The van der Waals surface area contributed by atoms with E-state index in [9.17, 15) is 4.79 Å². The van der Waals surface area contributed by atoms with Crippen LogP contribution in [0.1, 0.15) is 19.8 Å². The monoisotopic (exact) mass is 313 g/mol. The third-order valence-electron chi connectivity index (χ3n) is 3.39. The maximum absolute atomic E-state index is 11.7. The van der Waals surface area contributed by atoms with Crippen LogP contribution < -0.4 is 5.32 Å². The molecule has 1 heterocycles. The van der Waals surface area contributed by atoms with Crippen molar-refractivity contribution >= 4 is 23.7 Å². The first kappa shape index (κ1) is 17.9. The Bertz CT molecular complexity index is 353. The molecule has 0 spiro atoms. The van der Waals surface area contributed by atoms with E-state index >= 15 is 0 Å². The van der Waals surface area contributed by atoms with Crippen LogP contribution in [0.15, 0.2) is 17.6 Å². The van der Waals surface area contributed by atoms with Crippen molar-refractivity contribution in [3.63, 3.8) is 0 Å². The minimum absolute atomic E-state index is 0.0439. The number of carbonyl (C=O) groups is 1. The molecule has 0 atom stereocenters. The molecule has 0 radical (unpaired) electrons. The number of nitrogens with one attached hydrogen (secondary N) is 1. The molecule has 1 aliphatic heterocycles. The van der Waals surface area contributed by atoms with Crippen LogP contribution in [0.4, 0.5) is 0 Å². The first-order chi connectivity index (χ1) is 10.2. The van der Waals surface area contributed by atoms with Crippen molar-refractivity contribution in [1.29, 1.82) is 0 Å². The number of piperidine rings is 1. The van der Waals surface area contributed by atoms with Gasteiger partial charge < -0.3 is 15.0 Å². The van der Waals surface area contributed by atoms with Crippen LogP contribution in [0.3, 0.4) is 0 Å². The fourth-order valence-corrected chi connectivity index (χ4v) is 2.90. The predicted molar refractivity (Wildman–Crippen MR) is 89.8 cm³/mol. The number of aliphatic imine (C=N–C) groups is 1. The molecule has 5 nitrogen and oxygen atoms in total. The fourth-order valence-electron chi connectivity index (χ4n) is 2.32. The number of likely N-dealkylation sites (tertiary alicyclic amines) is 1. The van der Waals surface area contributed by atoms with E-state index in [-0.39, 0.29) is 11.9 Å². The summed E-state index contributed by atoms with van der Waals surface area (Å²) in [6, 6.07) is 0. The molecule has 0 saturated carbocycles. The maximum Gasteiger partial charge on any atom is 0.309 e. The van der Waals surface area contributed by atoms with Crippen molar-refractivity contribution in [2.24, 2.45) is 10.9 Å². The molecule has 1 fully saturated rings. The van der Waals surface area contributed by atoms with Crippen LogP contribution in [0, 0.1) is 5.92 Å². The molecule has 0 aromatic rings. The molecule has 0 aromatic heterocycles. The molecule has 0 aromatic carbocycles. The zero-order valence-electron chi connectivity index (χ0n) is 13.1. The zero-order valence-corrected chi connectivity index (χ0v) is 14.0. The smallest absolute Gasteiger partial charge is 0.309 e. The van der Waals surface area contributed by atoms with Crippen molar-refractivity contribution in [2.45, 2.75) is 19.8 Å². The summed E-state index contributed by atoms with van der Waals surface area (Å²) >= 11 is 1.85. The molecule has 0 bridgehead atoms. The average Bonchev–Trinajstić information content (AvgIpc) is 2.51. The van der Waals surface area contributed by atoms with Gasteiger partial charge in [-0.1, -0.05) is 6.08 Å². The van der Waals surface area contributed by atoms with Gasteiger partial charge in [-0.05, 0) is 19.8 Å². The molecule has 0 amide bonds. The average molecular weight is 313 g/mol. The zero-order chi connectivity index (χ0) is 15.5. The topological polar surface area (TPSA) is 53.9 Å². The number of nitrogens with zero attached hydrogens (tertiary/aromatic N) is 2. The Kier molecular flexibility index (Phi) is 8.98. The number of ether oxygens (including phenoxy) is 1. The summed E-state index contributed by atoms with van der Waals surface area (Å²) in [5.74, 6) is 2.93. The number of rotatable bonds is 7. The summed E-state index contributed by atoms with van der Waals surface area (Å²) in [5, 5.41) is 3.37. The highest BCUT2D eigenvalue weighted by molar-refractivity contribution is 7.99. The fraction of sp³-hybridized carbons (Fsp3) is 0.733. The van der Waals surface area contributed by atoms with E-state index in [4.69, 9.17) is 4.74 Å². The van der Waals surface area contributed by atoms with Crippen LogP contribution in [0.2, 0.25) is 0 Å². The third kappa shape index (κ3) is 6.42. The largest absolute Gasteiger partial charge is 0.466 e. The number of thioether (sulfide) groups is 1. The maximum atomic E-state index is 11.7. The van der Waals surface area contributed by atoms with E-state index in [0.29, 0.717) is 6.61 Å². The van der Waals surface area contributed by atoms with Gasteiger partial charge in [-0.25, -0.2) is 0 Å². The molecule has 0 unspecified atom stereocenters. The van der Waals surface area contributed by atoms with Crippen LogP contribution in [0.25, 0.3) is 0 Å². The second-order valence-corrected chi connectivity index (χ2v) is 6.00. The Labute approximate surface area is 132 Å². The highest BCUT2D eigenvalue weighted by Crippen LogP contribution is 2.18. The van der Waals surface area contributed by atoms with E-state index in [1.165, 1.54) is 0 Å². The SMILES string of the molecule is C=CCSCCNC(=NC)N1CCC(C(=O)OCC)CC1. The number of guanidine groups is 1. The summed E-state index contributed by atoms with van der Waals surface area (Å²) < 4.78 is 5.09. The summed E-state index contributed by atoms with van der Waals surface area (Å²) in [5.41, 5.74) is 0. The Balaban J connectivity index is 2.30.